The number of aryl methyl sites for hydroxylation is 1. The number of anilines is 1. The number of aromatic nitrogens is 2. The van der Waals surface area contributed by atoms with Crippen LogP contribution in [0.3, 0.4) is 0 Å². The maximum absolute atomic E-state index is 12.7. The third kappa shape index (κ3) is 3.26. The van der Waals surface area contributed by atoms with Crippen LogP contribution in [-0.4, -0.2) is 47.0 Å². The van der Waals surface area contributed by atoms with E-state index in [0.29, 0.717) is 13.1 Å². The first-order valence-corrected chi connectivity index (χ1v) is 9.74. The number of carbonyl (C=O) groups is 1. The Kier molecular flexibility index (Phi) is 4.43. The third-order valence-corrected chi connectivity index (χ3v) is 5.82. The lowest BCUT2D eigenvalue weighted by Crippen LogP contribution is -2.49. The van der Waals surface area contributed by atoms with Gasteiger partial charge in [0.05, 0.1) is 5.39 Å². The summed E-state index contributed by atoms with van der Waals surface area (Å²) in [7, 11) is 0. The number of rotatable bonds is 2. The highest BCUT2D eigenvalue weighted by molar-refractivity contribution is 9.10. The highest BCUT2D eigenvalue weighted by Crippen LogP contribution is 2.30. The Morgan fingerprint density at radius 1 is 1.16 bits per heavy atom. The lowest BCUT2D eigenvalue weighted by atomic mass is 10.2. The summed E-state index contributed by atoms with van der Waals surface area (Å²) >= 11 is 5.11. The van der Waals surface area contributed by atoms with Crippen LogP contribution >= 0.6 is 27.3 Å². The van der Waals surface area contributed by atoms with Crippen molar-refractivity contribution in [3.05, 3.63) is 51.6 Å². The first kappa shape index (κ1) is 16.5. The normalized spacial score (nSPS) is 15.0. The molecule has 0 radical (unpaired) electrons. The molecule has 25 heavy (non-hydrogen) atoms. The van der Waals surface area contributed by atoms with Gasteiger partial charge in [0.2, 0.25) is 0 Å². The number of hydrogen-bond donors (Lipinski definition) is 0. The molecule has 0 unspecified atom stereocenters. The molecule has 0 saturated carbocycles. The Labute approximate surface area is 158 Å². The van der Waals surface area contributed by atoms with E-state index in [4.69, 9.17) is 0 Å². The minimum absolute atomic E-state index is 0.0835. The Hall–Kier alpha value is -1.99. The fourth-order valence-electron chi connectivity index (χ4n) is 3.14. The maximum Gasteiger partial charge on any atom is 0.254 e. The number of piperazine rings is 1. The van der Waals surface area contributed by atoms with E-state index in [2.05, 4.69) is 43.8 Å². The van der Waals surface area contributed by atoms with Gasteiger partial charge in [0.1, 0.15) is 17.0 Å². The summed E-state index contributed by atoms with van der Waals surface area (Å²) in [5.74, 6) is 1.06. The van der Waals surface area contributed by atoms with Crippen molar-refractivity contribution in [2.75, 3.05) is 31.1 Å². The van der Waals surface area contributed by atoms with Gasteiger partial charge in [-0.25, -0.2) is 9.97 Å². The predicted molar refractivity (Wildman–Crippen MR) is 104 cm³/mol. The van der Waals surface area contributed by atoms with Crippen molar-refractivity contribution in [3.63, 3.8) is 0 Å². The smallest absolute Gasteiger partial charge is 0.254 e. The minimum Gasteiger partial charge on any atom is -0.352 e. The molecule has 0 spiro atoms. The molecule has 1 fully saturated rings. The lowest BCUT2D eigenvalue weighted by molar-refractivity contribution is 0.0746. The van der Waals surface area contributed by atoms with Crippen molar-refractivity contribution in [3.8, 4) is 0 Å². The zero-order valence-corrected chi connectivity index (χ0v) is 16.2. The van der Waals surface area contributed by atoms with Gasteiger partial charge in [-0.05, 0) is 31.2 Å². The second-order valence-electron chi connectivity index (χ2n) is 6.06. The van der Waals surface area contributed by atoms with Gasteiger partial charge in [0.15, 0.2) is 0 Å². The Morgan fingerprint density at radius 3 is 2.72 bits per heavy atom. The molecule has 0 atom stereocenters. The van der Waals surface area contributed by atoms with Crippen LogP contribution in [0.15, 0.2) is 41.1 Å². The van der Waals surface area contributed by atoms with E-state index in [9.17, 15) is 4.79 Å². The van der Waals surface area contributed by atoms with Gasteiger partial charge in [-0.15, -0.1) is 11.3 Å². The molecule has 1 saturated heterocycles. The molecule has 5 nitrogen and oxygen atoms in total. The SMILES string of the molecule is Cc1cc2c(N3CCN(C(=O)c4cccc(Br)c4)CC3)ncnc2s1. The predicted octanol–water partition coefficient (Wildman–Crippen LogP) is 3.72. The molecule has 3 aromatic rings. The number of amides is 1. The first-order valence-electron chi connectivity index (χ1n) is 8.13. The van der Waals surface area contributed by atoms with Gasteiger partial charge in [-0.3, -0.25) is 4.79 Å². The number of nitrogens with zero attached hydrogens (tertiary/aromatic N) is 4. The fraction of sp³-hybridized carbons (Fsp3) is 0.278. The van der Waals surface area contributed by atoms with Gasteiger partial charge >= 0.3 is 0 Å². The summed E-state index contributed by atoms with van der Waals surface area (Å²) in [6.45, 7) is 5.03. The fourth-order valence-corrected chi connectivity index (χ4v) is 4.38. The molecule has 1 amide bonds. The zero-order chi connectivity index (χ0) is 17.4. The Bertz CT molecular complexity index is 934. The van der Waals surface area contributed by atoms with Crippen LogP contribution in [0.2, 0.25) is 0 Å². The highest BCUT2D eigenvalue weighted by Gasteiger charge is 2.24. The van der Waals surface area contributed by atoms with E-state index >= 15 is 0 Å². The molecule has 0 aliphatic carbocycles. The molecule has 2 aromatic heterocycles. The quantitative estimate of drug-likeness (QED) is 0.638. The summed E-state index contributed by atoms with van der Waals surface area (Å²) in [4.78, 5) is 28.0. The van der Waals surface area contributed by atoms with E-state index in [1.165, 1.54) is 4.88 Å². The minimum atomic E-state index is 0.0835. The molecular formula is C18H17BrN4OS. The molecule has 128 valence electrons. The van der Waals surface area contributed by atoms with Crippen molar-refractivity contribution >= 4 is 49.2 Å². The molecule has 1 aliphatic rings. The van der Waals surface area contributed by atoms with Crippen LogP contribution in [0.25, 0.3) is 10.2 Å². The monoisotopic (exact) mass is 416 g/mol. The van der Waals surface area contributed by atoms with Crippen molar-refractivity contribution in [2.45, 2.75) is 6.92 Å². The summed E-state index contributed by atoms with van der Waals surface area (Å²) in [6, 6.07) is 9.70. The number of halogens is 1. The number of carbonyl (C=O) groups excluding carboxylic acids is 1. The largest absolute Gasteiger partial charge is 0.352 e. The summed E-state index contributed by atoms with van der Waals surface area (Å²) < 4.78 is 0.924. The molecule has 4 rings (SSSR count). The van der Waals surface area contributed by atoms with Crippen LogP contribution in [0.1, 0.15) is 15.2 Å². The van der Waals surface area contributed by atoms with Gasteiger partial charge in [-0.1, -0.05) is 22.0 Å². The Balaban J connectivity index is 1.50. The van der Waals surface area contributed by atoms with Crippen molar-refractivity contribution < 1.29 is 4.79 Å². The van der Waals surface area contributed by atoms with E-state index in [1.54, 1.807) is 17.7 Å². The van der Waals surface area contributed by atoms with Crippen molar-refractivity contribution in [1.29, 1.82) is 0 Å². The topological polar surface area (TPSA) is 49.3 Å². The molecular weight excluding hydrogens is 400 g/mol. The van der Waals surface area contributed by atoms with Crippen LogP contribution in [-0.2, 0) is 0 Å². The molecule has 1 aliphatic heterocycles. The van der Waals surface area contributed by atoms with Gasteiger partial charge in [0.25, 0.3) is 5.91 Å². The average molecular weight is 417 g/mol. The van der Waals surface area contributed by atoms with E-state index in [0.717, 1.165) is 39.2 Å². The van der Waals surface area contributed by atoms with E-state index < -0.39 is 0 Å². The van der Waals surface area contributed by atoms with E-state index in [1.807, 2.05) is 29.2 Å². The van der Waals surface area contributed by atoms with Gasteiger partial charge < -0.3 is 9.80 Å². The number of fused-ring (bicyclic) bond motifs is 1. The summed E-state index contributed by atoms with van der Waals surface area (Å²) in [5.41, 5.74) is 0.723. The second-order valence-corrected chi connectivity index (χ2v) is 8.21. The van der Waals surface area contributed by atoms with E-state index in [-0.39, 0.29) is 5.91 Å². The summed E-state index contributed by atoms with van der Waals surface area (Å²) in [5, 5.41) is 1.11. The van der Waals surface area contributed by atoms with Crippen LogP contribution in [0, 0.1) is 6.92 Å². The van der Waals surface area contributed by atoms with Crippen molar-refractivity contribution in [1.82, 2.24) is 14.9 Å². The molecule has 0 bridgehead atoms. The number of thiophene rings is 1. The van der Waals surface area contributed by atoms with Crippen LogP contribution in [0.5, 0.6) is 0 Å². The second kappa shape index (κ2) is 6.72. The van der Waals surface area contributed by atoms with Crippen molar-refractivity contribution in [2.24, 2.45) is 0 Å². The molecule has 7 heteroatoms. The maximum atomic E-state index is 12.7. The molecule has 0 N–H and O–H groups in total. The molecule has 3 heterocycles. The van der Waals surface area contributed by atoms with Gasteiger partial charge in [-0.2, -0.15) is 0 Å². The van der Waals surface area contributed by atoms with Gasteiger partial charge in [0, 0.05) is 41.1 Å². The summed E-state index contributed by atoms with van der Waals surface area (Å²) in [6.07, 6.45) is 1.63. The lowest BCUT2D eigenvalue weighted by Gasteiger charge is -2.35. The third-order valence-electron chi connectivity index (χ3n) is 4.37. The molecule has 1 aromatic carbocycles. The standard InChI is InChI=1S/C18H17BrN4OS/c1-12-9-15-16(20-11-21-17(15)25-12)22-5-7-23(8-6-22)18(24)13-3-2-4-14(19)10-13/h2-4,9-11H,5-8H2,1H3. The number of hydrogen-bond acceptors (Lipinski definition) is 5. The Morgan fingerprint density at radius 2 is 1.96 bits per heavy atom. The van der Waals surface area contributed by atoms with Crippen LogP contribution in [0.4, 0.5) is 5.82 Å². The highest BCUT2D eigenvalue weighted by atomic mass is 79.9. The first-order chi connectivity index (χ1) is 12.1. The zero-order valence-electron chi connectivity index (χ0n) is 13.8. The number of benzene rings is 1. The average Bonchev–Trinajstić information content (AvgIpc) is 3.01. The van der Waals surface area contributed by atoms with Crippen LogP contribution < -0.4 is 4.90 Å².